The van der Waals surface area contributed by atoms with E-state index >= 15 is 0 Å². The first kappa shape index (κ1) is 53.9. The van der Waals surface area contributed by atoms with Crippen LogP contribution in [0.2, 0.25) is 0 Å². The third kappa shape index (κ3) is 21.6. The summed E-state index contributed by atoms with van der Waals surface area (Å²) in [4.78, 5) is 12.5. The van der Waals surface area contributed by atoms with Crippen LogP contribution in [0, 0.1) is 0 Å². The second-order valence-electron chi connectivity index (χ2n) is 16.9. The molecule has 2 heterocycles. The third-order valence-corrected chi connectivity index (χ3v) is 11.7. The van der Waals surface area contributed by atoms with Crippen molar-refractivity contribution in [1.82, 2.24) is 5.32 Å². The van der Waals surface area contributed by atoms with Crippen molar-refractivity contribution in [1.29, 1.82) is 0 Å². The standard InChI is InChI=1S/C45H85NO13/c1-3-5-6-7-8-9-10-11-12-13-14-15-16-17-18-19-20-21-22-23-24-25-26-27-29-34(49)33(46-37(50)28-4-2)32-56-44-42(55)40(53)43(36(31-48)58-44)59-45-41(54)39(52)38(51)35(30-47)57-45/h27,29,33-36,38-45,47-49,51-55H,3-26,28,30-32H2,1-2H3,(H,46,50)/b29-27+. The maximum atomic E-state index is 12.5. The molecule has 14 nitrogen and oxygen atoms in total. The van der Waals surface area contributed by atoms with Gasteiger partial charge in [0.2, 0.25) is 5.91 Å². The third-order valence-electron chi connectivity index (χ3n) is 11.7. The van der Waals surface area contributed by atoms with Crippen molar-refractivity contribution in [2.24, 2.45) is 0 Å². The fraction of sp³-hybridized carbons (Fsp3) is 0.933. The van der Waals surface area contributed by atoms with Crippen LogP contribution in [0.3, 0.4) is 0 Å². The first-order valence-corrected chi connectivity index (χ1v) is 23.4. The lowest BCUT2D eigenvalue weighted by Gasteiger charge is -2.46. The summed E-state index contributed by atoms with van der Waals surface area (Å²) in [6.07, 6.45) is 17.5. The highest BCUT2D eigenvalue weighted by Crippen LogP contribution is 2.30. The zero-order valence-corrected chi connectivity index (χ0v) is 36.5. The number of hydrogen-bond donors (Lipinski definition) is 9. The summed E-state index contributed by atoms with van der Waals surface area (Å²) in [7, 11) is 0. The van der Waals surface area contributed by atoms with Crippen LogP contribution in [-0.4, -0.2) is 140 Å². The topological polar surface area (TPSA) is 228 Å². The van der Waals surface area contributed by atoms with E-state index in [9.17, 15) is 45.6 Å². The summed E-state index contributed by atoms with van der Waals surface area (Å²) in [6.45, 7) is 2.41. The van der Waals surface area contributed by atoms with Gasteiger partial charge in [-0.25, -0.2) is 0 Å². The number of hydrogen-bond acceptors (Lipinski definition) is 13. The molecule has 0 aromatic rings. The number of ether oxygens (including phenoxy) is 4. The van der Waals surface area contributed by atoms with Gasteiger partial charge < -0.3 is 65.1 Å². The maximum Gasteiger partial charge on any atom is 0.220 e. The Morgan fingerprint density at radius 3 is 1.53 bits per heavy atom. The summed E-state index contributed by atoms with van der Waals surface area (Å²) in [6, 6.07) is -0.904. The number of unbranched alkanes of at least 4 members (excludes halogenated alkanes) is 22. The van der Waals surface area contributed by atoms with Gasteiger partial charge in [-0.3, -0.25) is 4.79 Å². The zero-order valence-electron chi connectivity index (χ0n) is 36.5. The number of rotatable bonds is 35. The molecule has 1 amide bonds. The fourth-order valence-electron chi connectivity index (χ4n) is 7.86. The number of aliphatic hydroxyl groups excluding tert-OH is 8. The molecule has 0 saturated carbocycles. The Hall–Kier alpha value is -1.27. The first-order valence-electron chi connectivity index (χ1n) is 23.4. The van der Waals surface area contributed by atoms with Gasteiger partial charge in [0.1, 0.15) is 48.8 Å². The van der Waals surface area contributed by atoms with Crippen molar-refractivity contribution in [3.63, 3.8) is 0 Å². The van der Waals surface area contributed by atoms with Crippen LogP contribution in [0.25, 0.3) is 0 Å². The van der Waals surface area contributed by atoms with Crippen molar-refractivity contribution in [3.8, 4) is 0 Å². The first-order chi connectivity index (χ1) is 28.6. The molecule has 0 bridgehead atoms. The molecule has 0 aliphatic carbocycles. The monoisotopic (exact) mass is 848 g/mol. The molecule has 2 saturated heterocycles. The highest BCUT2D eigenvalue weighted by atomic mass is 16.7. The Labute approximate surface area is 355 Å². The predicted molar refractivity (Wildman–Crippen MR) is 226 cm³/mol. The van der Waals surface area contributed by atoms with Crippen LogP contribution in [0.1, 0.15) is 174 Å². The second kappa shape index (κ2) is 33.3. The van der Waals surface area contributed by atoms with E-state index in [1.165, 1.54) is 128 Å². The van der Waals surface area contributed by atoms with Crippen molar-refractivity contribution in [2.75, 3.05) is 19.8 Å². The van der Waals surface area contributed by atoms with Gasteiger partial charge in [-0.05, 0) is 19.3 Å². The van der Waals surface area contributed by atoms with Crippen molar-refractivity contribution >= 4 is 5.91 Å². The molecule has 2 aliphatic rings. The molecular weight excluding hydrogens is 762 g/mol. The van der Waals surface area contributed by atoms with Crippen LogP contribution in [0.4, 0.5) is 0 Å². The van der Waals surface area contributed by atoms with Gasteiger partial charge in [0.15, 0.2) is 12.6 Å². The minimum absolute atomic E-state index is 0.233. The molecule has 2 rings (SSSR count). The average Bonchev–Trinajstić information content (AvgIpc) is 3.23. The Kier molecular flexibility index (Phi) is 30.4. The molecule has 59 heavy (non-hydrogen) atoms. The van der Waals surface area contributed by atoms with Crippen LogP contribution in [-0.2, 0) is 23.7 Å². The molecule has 0 aromatic heterocycles. The molecule has 0 aromatic carbocycles. The summed E-state index contributed by atoms with van der Waals surface area (Å²) < 4.78 is 22.4. The minimum atomic E-state index is -1.78. The Morgan fingerprint density at radius 1 is 0.593 bits per heavy atom. The van der Waals surface area contributed by atoms with E-state index in [1.807, 2.05) is 13.0 Å². The van der Waals surface area contributed by atoms with Gasteiger partial charge in [-0.2, -0.15) is 0 Å². The van der Waals surface area contributed by atoms with Crippen LogP contribution in [0.15, 0.2) is 12.2 Å². The second-order valence-corrected chi connectivity index (χ2v) is 16.9. The quantitative estimate of drug-likeness (QED) is 0.0308. The van der Waals surface area contributed by atoms with E-state index < -0.39 is 86.8 Å². The zero-order chi connectivity index (χ0) is 43.3. The van der Waals surface area contributed by atoms with Crippen LogP contribution < -0.4 is 5.32 Å². The molecular formula is C45H85NO13. The SMILES string of the molecule is CCCCCCCCCCCCCCCCCCCCCCCC/C=C/C(O)C(COC1OC(CO)C(OC2OC(CO)C(O)C(O)C2O)C(O)C1O)NC(=O)CCC. The van der Waals surface area contributed by atoms with Gasteiger partial charge in [0.05, 0.1) is 32.0 Å². The fourth-order valence-corrected chi connectivity index (χ4v) is 7.86. The predicted octanol–water partition coefficient (Wildman–Crippen LogP) is 4.82. The molecule has 348 valence electrons. The lowest BCUT2D eigenvalue weighted by atomic mass is 9.97. The lowest BCUT2D eigenvalue weighted by molar-refractivity contribution is -0.359. The normalized spacial score (nSPS) is 28.6. The van der Waals surface area contributed by atoms with Crippen molar-refractivity contribution in [2.45, 2.75) is 248 Å². The van der Waals surface area contributed by atoms with E-state index in [2.05, 4.69) is 12.2 Å². The Morgan fingerprint density at radius 2 is 1.05 bits per heavy atom. The Bertz CT molecular complexity index is 1050. The lowest BCUT2D eigenvalue weighted by Crippen LogP contribution is -2.65. The van der Waals surface area contributed by atoms with Gasteiger partial charge in [-0.1, -0.05) is 161 Å². The van der Waals surface area contributed by atoms with E-state index in [-0.39, 0.29) is 18.9 Å². The number of carbonyl (C=O) groups excluding carboxylic acids is 1. The highest BCUT2D eigenvalue weighted by molar-refractivity contribution is 5.76. The number of aliphatic hydroxyl groups is 8. The van der Waals surface area contributed by atoms with Gasteiger partial charge in [0.25, 0.3) is 0 Å². The number of nitrogens with one attached hydrogen (secondary N) is 1. The van der Waals surface area contributed by atoms with Gasteiger partial charge in [0, 0.05) is 6.42 Å². The molecule has 0 spiro atoms. The number of allylic oxidation sites excluding steroid dienone is 1. The van der Waals surface area contributed by atoms with Gasteiger partial charge >= 0.3 is 0 Å². The molecule has 14 heteroatoms. The summed E-state index contributed by atoms with van der Waals surface area (Å²) in [5, 5.41) is 85.6. The molecule has 2 fully saturated rings. The van der Waals surface area contributed by atoms with Crippen molar-refractivity contribution < 1.29 is 64.6 Å². The van der Waals surface area contributed by atoms with E-state index in [1.54, 1.807) is 6.08 Å². The number of carbonyl (C=O) groups is 1. The van der Waals surface area contributed by atoms with Crippen molar-refractivity contribution in [3.05, 3.63) is 12.2 Å². The molecule has 12 unspecified atom stereocenters. The Balaban J connectivity index is 1.63. The maximum absolute atomic E-state index is 12.5. The van der Waals surface area contributed by atoms with Crippen LogP contribution in [0.5, 0.6) is 0 Å². The average molecular weight is 848 g/mol. The molecule has 9 N–H and O–H groups in total. The molecule has 12 atom stereocenters. The highest BCUT2D eigenvalue weighted by Gasteiger charge is 2.50. The van der Waals surface area contributed by atoms with E-state index in [0.717, 1.165) is 19.3 Å². The van der Waals surface area contributed by atoms with E-state index in [4.69, 9.17) is 18.9 Å². The molecule has 0 radical (unpaired) electrons. The largest absolute Gasteiger partial charge is 0.394 e. The minimum Gasteiger partial charge on any atom is -0.394 e. The van der Waals surface area contributed by atoms with Crippen LogP contribution >= 0.6 is 0 Å². The summed E-state index contributed by atoms with van der Waals surface area (Å²) in [5.74, 6) is -0.292. The smallest absolute Gasteiger partial charge is 0.220 e. The summed E-state index contributed by atoms with van der Waals surface area (Å²) in [5.41, 5.74) is 0. The van der Waals surface area contributed by atoms with E-state index in [0.29, 0.717) is 6.42 Å². The number of amides is 1. The molecule has 2 aliphatic heterocycles. The summed E-state index contributed by atoms with van der Waals surface area (Å²) >= 11 is 0. The van der Waals surface area contributed by atoms with Gasteiger partial charge in [-0.15, -0.1) is 0 Å².